The Hall–Kier alpha value is -2.31. The van der Waals surface area contributed by atoms with Gasteiger partial charge >= 0.3 is 0 Å². The van der Waals surface area contributed by atoms with Gasteiger partial charge in [-0.15, -0.1) is 0 Å². The SMILES string of the molecule is COc1ccc(C(CO)N(C)C(=O)c2occ3c2CCOC3)cc1. The van der Waals surface area contributed by atoms with Crippen LogP contribution in [0.5, 0.6) is 5.75 Å². The minimum atomic E-state index is -0.455. The van der Waals surface area contributed by atoms with Crippen LogP contribution >= 0.6 is 0 Å². The fourth-order valence-corrected chi connectivity index (χ4v) is 2.93. The number of carbonyl (C=O) groups excluding carboxylic acids is 1. The number of hydrogen-bond donors (Lipinski definition) is 1. The molecule has 3 rings (SSSR count). The Morgan fingerprint density at radius 1 is 1.38 bits per heavy atom. The van der Waals surface area contributed by atoms with E-state index >= 15 is 0 Å². The number of nitrogens with zero attached hydrogens (tertiary/aromatic N) is 1. The molecule has 2 heterocycles. The zero-order valence-electron chi connectivity index (χ0n) is 13.8. The van der Waals surface area contributed by atoms with Crippen molar-refractivity contribution in [1.29, 1.82) is 0 Å². The van der Waals surface area contributed by atoms with E-state index in [9.17, 15) is 9.90 Å². The third-order valence-electron chi connectivity index (χ3n) is 4.39. The van der Waals surface area contributed by atoms with E-state index in [1.54, 1.807) is 20.4 Å². The number of likely N-dealkylation sites (N-methyl/N-ethyl adjacent to an activating group) is 1. The number of aliphatic hydroxyl groups excluding tert-OH is 1. The first-order valence-electron chi connectivity index (χ1n) is 7.84. The monoisotopic (exact) mass is 331 g/mol. The highest BCUT2D eigenvalue weighted by Crippen LogP contribution is 2.27. The van der Waals surface area contributed by atoms with Crippen LogP contribution < -0.4 is 4.74 Å². The molecular formula is C18H21NO5. The van der Waals surface area contributed by atoms with E-state index in [1.165, 1.54) is 4.90 Å². The Labute approximate surface area is 140 Å². The van der Waals surface area contributed by atoms with Gasteiger partial charge in [0.15, 0.2) is 5.76 Å². The minimum Gasteiger partial charge on any atom is -0.497 e. The maximum atomic E-state index is 12.8. The quantitative estimate of drug-likeness (QED) is 0.909. The number of methoxy groups -OCH3 is 1. The molecule has 0 spiro atoms. The highest BCUT2D eigenvalue weighted by Gasteiger charge is 2.29. The summed E-state index contributed by atoms with van der Waals surface area (Å²) in [5, 5.41) is 9.79. The molecule has 0 fully saturated rings. The number of hydrogen-bond acceptors (Lipinski definition) is 5. The van der Waals surface area contributed by atoms with Crippen LogP contribution in [0.4, 0.5) is 0 Å². The van der Waals surface area contributed by atoms with Gasteiger partial charge in [0.2, 0.25) is 0 Å². The first-order chi connectivity index (χ1) is 11.7. The van der Waals surface area contributed by atoms with E-state index in [0.717, 1.165) is 22.4 Å². The van der Waals surface area contributed by atoms with Crippen LogP contribution in [-0.2, 0) is 17.8 Å². The van der Waals surface area contributed by atoms with Crippen molar-refractivity contribution in [2.45, 2.75) is 19.1 Å². The molecule has 6 nitrogen and oxygen atoms in total. The van der Waals surface area contributed by atoms with Crippen molar-refractivity contribution < 1.29 is 23.8 Å². The molecule has 1 N–H and O–H groups in total. The number of aliphatic hydroxyl groups is 1. The summed E-state index contributed by atoms with van der Waals surface area (Å²) in [5.41, 5.74) is 2.66. The van der Waals surface area contributed by atoms with Gasteiger partial charge in [-0.3, -0.25) is 4.79 Å². The zero-order valence-corrected chi connectivity index (χ0v) is 13.8. The largest absolute Gasteiger partial charge is 0.497 e. The Morgan fingerprint density at radius 2 is 2.12 bits per heavy atom. The molecule has 1 aliphatic heterocycles. The van der Waals surface area contributed by atoms with E-state index in [0.29, 0.717) is 25.4 Å². The number of ether oxygens (including phenoxy) is 2. The predicted molar refractivity (Wildman–Crippen MR) is 87.0 cm³/mol. The summed E-state index contributed by atoms with van der Waals surface area (Å²) in [6, 6.07) is 6.85. The highest BCUT2D eigenvalue weighted by atomic mass is 16.5. The maximum Gasteiger partial charge on any atom is 0.290 e. The fraction of sp³-hybridized carbons (Fsp3) is 0.389. The maximum absolute atomic E-state index is 12.8. The first kappa shape index (κ1) is 16.5. The Kier molecular flexibility index (Phi) is 4.87. The summed E-state index contributed by atoms with van der Waals surface area (Å²) in [4.78, 5) is 14.3. The van der Waals surface area contributed by atoms with Crippen LogP contribution in [0.15, 0.2) is 34.9 Å². The number of benzene rings is 1. The van der Waals surface area contributed by atoms with E-state index in [4.69, 9.17) is 13.9 Å². The van der Waals surface area contributed by atoms with Gasteiger partial charge in [0.25, 0.3) is 5.91 Å². The van der Waals surface area contributed by atoms with Crippen molar-refractivity contribution in [1.82, 2.24) is 4.90 Å². The lowest BCUT2D eigenvalue weighted by Gasteiger charge is -2.27. The van der Waals surface area contributed by atoms with Crippen molar-refractivity contribution in [2.75, 3.05) is 27.4 Å². The van der Waals surface area contributed by atoms with Crippen molar-refractivity contribution in [2.24, 2.45) is 0 Å². The standard InChI is InChI=1S/C18H21NO5/c1-19(16(9-20)12-3-5-14(22-2)6-4-12)18(21)17-15-7-8-23-10-13(15)11-24-17/h3-6,11,16,20H,7-10H2,1-2H3. The predicted octanol–water partition coefficient (Wildman–Crippen LogP) is 2.17. The van der Waals surface area contributed by atoms with Gasteiger partial charge < -0.3 is 23.9 Å². The molecule has 0 saturated carbocycles. The second-order valence-electron chi connectivity index (χ2n) is 5.76. The third kappa shape index (κ3) is 3.02. The molecule has 6 heteroatoms. The second-order valence-corrected chi connectivity index (χ2v) is 5.76. The Morgan fingerprint density at radius 3 is 2.79 bits per heavy atom. The molecule has 24 heavy (non-hydrogen) atoms. The average Bonchev–Trinajstić information content (AvgIpc) is 3.06. The van der Waals surface area contributed by atoms with Crippen LogP contribution in [-0.4, -0.2) is 43.3 Å². The average molecular weight is 331 g/mol. The summed E-state index contributed by atoms with van der Waals surface area (Å²) in [7, 11) is 3.26. The first-order valence-corrected chi connectivity index (χ1v) is 7.84. The number of fused-ring (bicyclic) bond motifs is 1. The molecule has 1 aromatic heterocycles. The topological polar surface area (TPSA) is 72.1 Å². The van der Waals surface area contributed by atoms with Crippen molar-refractivity contribution in [3.8, 4) is 5.75 Å². The fourth-order valence-electron chi connectivity index (χ4n) is 2.93. The van der Waals surface area contributed by atoms with Gasteiger partial charge in [-0.2, -0.15) is 0 Å². The number of amides is 1. The molecule has 0 aliphatic carbocycles. The number of furan rings is 1. The molecule has 1 atom stereocenters. The summed E-state index contributed by atoms with van der Waals surface area (Å²) in [6.45, 7) is 0.872. The van der Waals surface area contributed by atoms with E-state index in [2.05, 4.69) is 0 Å². The molecular weight excluding hydrogens is 310 g/mol. The zero-order chi connectivity index (χ0) is 17.1. The summed E-state index contributed by atoms with van der Waals surface area (Å²) in [5.74, 6) is 0.820. The normalized spacial score (nSPS) is 14.8. The molecule has 1 aromatic carbocycles. The third-order valence-corrected chi connectivity index (χ3v) is 4.39. The van der Waals surface area contributed by atoms with Gasteiger partial charge in [-0.05, 0) is 17.7 Å². The van der Waals surface area contributed by atoms with Gasteiger partial charge in [0, 0.05) is 24.6 Å². The Balaban J connectivity index is 1.83. The van der Waals surface area contributed by atoms with Gasteiger partial charge in [0.1, 0.15) is 5.75 Å². The number of carbonyl (C=O) groups is 1. The molecule has 1 aliphatic rings. The van der Waals surface area contributed by atoms with Crippen molar-refractivity contribution >= 4 is 5.91 Å². The lowest BCUT2D eigenvalue weighted by molar-refractivity contribution is 0.0623. The molecule has 1 amide bonds. The van der Waals surface area contributed by atoms with E-state index in [1.807, 2.05) is 24.3 Å². The Bertz CT molecular complexity index is 707. The summed E-state index contributed by atoms with van der Waals surface area (Å²) in [6.07, 6.45) is 2.24. The smallest absolute Gasteiger partial charge is 0.290 e. The van der Waals surface area contributed by atoms with Crippen LogP contribution in [0.3, 0.4) is 0 Å². The molecule has 0 radical (unpaired) electrons. The van der Waals surface area contributed by atoms with Gasteiger partial charge in [-0.1, -0.05) is 12.1 Å². The summed E-state index contributed by atoms with van der Waals surface area (Å²) < 4.78 is 16.0. The van der Waals surface area contributed by atoms with E-state index in [-0.39, 0.29) is 12.5 Å². The lowest BCUT2D eigenvalue weighted by atomic mass is 10.0. The number of rotatable bonds is 5. The van der Waals surface area contributed by atoms with Crippen LogP contribution in [0.1, 0.15) is 33.3 Å². The lowest BCUT2D eigenvalue weighted by Crippen LogP contribution is -2.33. The molecule has 0 saturated heterocycles. The molecule has 1 unspecified atom stereocenters. The molecule has 2 aromatic rings. The van der Waals surface area contributed by atoms with Crippen molar-refractivity contribution in [3.05, 3.63) is 53.0 Å². The minimum absolute atomic E-state index is 0.180. The van der Waals surface area contributed by atoms with Crippen LogP contribution in [0.2, 0.25) is 0 Å². The second kappa shape index (κ2) is 7.07. The van der Waals surface area contributed by atoms with Crippen LogP contribution in [0, 0.1) is 0 Å². The van der Waals surface area contributed by atoms with Gasteiger partial charge in [0.05, 0.1) is 39.2 Å². The molecule has 0 bridgehead atoms. The molecule has 128 valence electrons. The van der Waals surface area contributed by atoms with E-state index < -0.39 is 6.04 Å². The summed E-state index contributed by atoms with van der Waals surface area (Å²) >= 11 is 0. The van der Waals surface area contributed by atoms with Crippen LogP contribution in [0.25, 0.3) is 0 Å². The van der Waals surface area contributed by atoms with Gasteiger partial charge in [-0.25, -0.2) is 0 Å². The van der Waals surface area contributed by atoms with Crippen molar-refractivity contribution in [3.63, 3.8) is 0 Å². The highest BCUT2D eigenvalue weighted by molar-refractivity contribution is 5.93.